The number of nitrogens with zero attached hydrogens (tertiary/aromatic N) is 3. The standard InChI is InChI=1S/C18H13F4N3S/c1-23-17-25(16(11-26-17)13-5-7-15(19)8-6-13)24-10-12-3-2-4-14(9-12)18(20,21)22/h2-11H,1H3. The zero-order valence-corrected chi connectivity index (χ0v) is 14.4. The second-order valence-electron chi connectivity index (χ2n) is 5.31. The number of rotatable bonds is 3. The fourth-order valence-corrected chi connectivity index (χ4v) is 3.10. The van der Waals surface area contributed by atoms with Crippen LogP contribution in [-0.4, -0.2) is 17.9 Å². The molecule has 0 saturated heterocycles. The van der Waals surface area contributed by atoms with Gasteiger partial charge in [0.05, 0.1) is 17.5 Å². The third-order valence-electron chi connectivity index (χ3n) is 3.55. The third kappa shape index (κ3) is 3.91. The average Bonchev–Trinajstić information content (AvgIpc) is 3.03. The molecule has 0 radical (unpaired) electrons. The van der Waals surface area contributed by atoms with Crippen LogP contribution in [0.25, 0.3) is 11.3 Å². The normalized spacial score (nSPS) is 12.9. The van der Waals surface area contributed by atoms with Crippen molar-refractivity contribution in [1.29, 1.82) is 0 Å². The molecule has 0 atom stereocenters. The first kappa shape index (κ1) is 18.1. The molecule has 1 heterocycles. The first-order valence-electron chi connectivity index (χ1n) is 7.49. The van der Waals surface area contributed by atoms with Crippen molar-refractivity contribution in [2.24, 2.45) is 10.1 Å². The molecule has 3 nitrogen and oxygen atoms in total. The van der Waals surface area contributed by atoms with Gasteiger partial charge in [-0.05, 0) is 42.0 Å². The van der Waals surface area contributed by atoms with Crippen molar-refractivity contribution in [3.8, 4) is 11.3 Å². The molecule has 0 amide bonds. The van der Waals surface area contributed by atoms with Crippen LogP contribution < -0.4 is 4.80 Å². The van der Waals surface area contributed by atoms with Gasteiger partial charge in [-0.3, -0.25) is 4.99 Å². The van der Waals surface area contributed by atoms with E-state index < -0.39 is 11.7 Å². The highest BCUT2D eigenvalue weighted by Crippen LogP contribution is 2.29. The van der Waals surface area contributed by atoms with Gasteiger partial charge >= 0.3 is 6.18 Å². The second-order valence-corrected chi connectivity index (χ2v) is 6.15. The van der Waals surface area contributed by atoms with Gasteiger partial charge in [-0.1, -0.05) is 12.1 Å². The van der Waals surface area contributed by atoms with Gasteiger partial charge in [0.15, 0.2) is 0 Å². The lowest BCUT2D eigenvalue weighted by Gasteiger charge is -2.07. The maximum absolute atomic E-state index is 13.1. The quantitative estimate of drug-likeness (QED) is 0.463. The summed E-state index contributed by atoms with van der Waals surface area (Å²) in [7, 11) is 1.59. The second kappa shape index (κ2) is 7.25. The van der Waals surface area contributed by atoms with Crippen molar-refractivity contribution in [1.82, 2.24) is 4.68 Å². The fraction of sp³-hybridized carbons (Fsp3) is 0.111. The van der Waals surface area contributed by atoms with E-state index in [4.69, 9.17) is 0 Å². The molecule has 0 spiro atoms. The van der Waals surface area contributed by atoms with Gasteiger partial charge in [-0.25, -0.2) is 9.07 Å². The molecule has 0 aliphatic rings. The number of thiazole rings is 1. The highest BCUT2D eigenvalue weighted by molar-refractivity contribution is 7.07. The Morgan fingerprint density at radius 3 is 2.46 bits per heavy atom. The van der Waals surface area contributed by atoms with Crippen LogP contribution in [0.15, 0.2) is 64.0 Å². The van der Waals surface area contributed by atoms with Gasteiger partial charge in [0.25, 0.3) is 0 Å². The van der Waals surface area contributed by atoms with E-state index in [0.29, 0.717) is 16.1 Å². The molecule has 134 valence electrons. The molecule has 26 heavy (non-hydrogen) atoms. The Morgan fingerprint density at radius 1 is 1.08 bits per heavy atom. The Morgan fingerprint density at radius 2 is 1.81 bits per heavy atom. The van der Waals surface area contributed by atoms with E-state index in [1.807, 2.05) is 0 Å². The van der Waals surface area contributed by atoms with E-state index in [9.17, 15) is 17.6 Å². The van der Waals surface area contributed by atoms with E-state index in [1.54, 1.807) is 24.6 Å². The van der Waals surface area contributed by atoms with Crippen LogP contribution in [0.1, 0.15) is 11.1 Å². The monoisotopic (exact) mass is 379 g/mol. The van der Waals surface area contributed by atoms with Crippen LogP contribution in [0.4, 0.5) is 17.6 Å². The lowest BCUT2D eigenvalue weighted by atomic mass is 10.1. The zero-order valence-electron chi connectivity index (χ0n) is 13.5. The van der Waals surface area contributed by atoms with Crippen molar-refractivity contribution in [3.63, 3.8) is 0 Å². The van der Waals surface area contributed by atoms with Crippen LogP contribution in [-0.2, 0) is 6.18 Å². The molecular formula is C18H13F4N3S. The van der Waals surface area contributed by atoms with Gasteiger partial charge < -0.3 is 0 Å². The van der Waals surface area contributed by atoms with Crippen molar-refractivity contribution < 1.29 is 17.6 Å². The summed E-state index contributed by atoms with van der Waals surface area (Å²) in [4.78, 5) is 4.68. The Hall–Kier alpha value is -2.74. The highest BCUT2D eigenvalue weighted by atomic mass is 32.1. The van der Waals surface area contributed by atoms with E-state index >= 15 is 0 Å². The van der Waals surface area contributed by atoms with Gasteiger partial charge in [0, 0.05) is 18.0 Å². The molecule has 0 N–H and O–H groups in total. The van der Waals surface area contributed by atoms with Crippen molar-refractivity contribution in [2.75, 3.05) is 7.05 Å². The minimum atomic E-state index is -4.41. The summed E-state index contributed by atoms with van der Waals surface area (Å²) < 4.78 is 53.1. The van der Waals surface area contributed by atoms with Gasteiger partial charge in [-0.2, -0.15) is 18.3 Å². The van der Waals surface area contributed by atoms with Crippen LogP contribution in [0, 0.1) is 5.82 Å². The van der Waals surface area contributed by atoms with E-state index in [2.05, 4.69) is 10.1 Å². The fourth-order valence-electron chi connectivity index (χ4n) is 2.30. The molecule has 0 aliphatic heterocycles. The topological polar surface area (TPSA) is 29.6 Å². The molecule has 2 aromatic carbocycles. The largest absolute Gasteiger partial charge is 0.416 e. The van der Waals surface area contributed by atoms with Crippen molar-refractivity contribution in [2.45, 2.75) is 6.18 Å². The molecule has 1 aromatic heterocycles. The minimum Gasteiger partial charge on any atom is -0.261 e. The Bertz CT molecular complexity index is 998. The summed E-state index contributed by atoms with van der Waals surface area (Å²) in [6.45, 7) is 0. The summed E-state index contributed by atoms with van der Waals surface area (Å²) >= 11 is 1.33. The Kier molecular flexibility index (Phi) is 5.03. The number of halogens is 4. The molecular weight excluding hydrogens is 366 g/mol. The number of alkyl halides is 3. The molecule has 0 unspecified atom stereocenters. The SMILES string of the molecule is CN=c1scc(-c2ccc(F)cc2)n1N=Cc1cccc(C(F)(F)F)c1. The molecule has 3 aromatic rings. The molecule has 0 aliphatic carbocycles. The number of aromatic nitrogens is 1. The zero-order chi connectivity index (χ0) is 18.7. The summed E-state index contributed by atoms with van der Waals surface area (Å²) in [5.74, 6) is -0.358. The summed E-state index contributed by atoms with van der Waals surface area (Å²) in [6.07, 6.45) is -3.08. The van der Waals surface area contributed by atoms with E-state index in [0.717, 1.165) is 17.7 Å². The number of benzene rings is 2. The average molecular weight is 379 g/mol. The van der Waals surface area contributed by atoms with Gasteiger partial charge in [0.2, 0.25) is 4.80 Å². The maximum Gasteiger partial charge on any atom is 0.416 e. The van der Waals surface area contributed by atoms with E-state index in [-0.39, 0.29) is 5.82 Å². The molecule has 0 saturated carbocycles. The van der Waals surface area contributed by atoms with Crippen LogP contribution in [0.3, 0.4) is 0 Å². The molecule has 8 heteroatoms. The predicted octanol–water partition coefficient (Wildman–Crippen LogP) is 4.79. The smallest absolute Gasteiger partial charge is 0.261 e. The molecule has 0 bridgehead atoms. The van der Waals surface area contributed by atoms with Crippen LogP contribution in [0.5, 0.6) is 0 Å². The lowest BCUT2D eigenvalue weighted by molar-refractivity contribution is -0.137. The first-order valence-corrected chi connectivity index (χ1v) is 8.37. The minimum absolute atomic E-state index is 0.311. The number of hydrogen-bond donors (Lipinski definition) is 0. The van der Waals surface area contributed by atoms with Crippen LogP contribution >= 0.6 is 11.3 Å². The van der Waals surface area contributed by atoms with Crippen molar-refractivity contribution >= 4 is 17.6 Å². The summed E-state index contributed by atoms with van der Waals surface area (Å²) in [5.41, 5.74) is 0.958. The van der Waals surface area contributed by atoms with E-state index in [1.165, 1.54) is 46.5 Å². The van der Waals surface area contributed by atoms with Crippen LogP contribution in [0.2, 0.25) is 0 Å². The maximum atomic E-state index is 13.1. The summed E-state index contributed by atoms with van der Waals surface area (Å²) in [6, 6.07) is 10.8. The van der Waals surface area contributed by atoms with Gasteiger partial charge in [0.1, 0.15) is 5.82 Å². The lowest BCUT2D eigenvalue weighted by Crippen LogP contribution is -2.11. The Labute approximate surface area is 150 Å². The summed E-state index contributed by atoms with van der Waals surface area (Å²) in [5, 5.41) is 6.08. The Balaban J connectivity index is 2.01. The molecule has 3 rings (SSSR count). The highest BCUT2D eigenvalue weighted by Gasteiger charge is 2.30. The third-order valence-corrected chi connectivity index (χ3v) is 4.46. The first-order chi connectivity index (χ1) is 12.4. The molecule has 0 fully saturated rings. The van der Waals surface area contributed by atoms with Gasteiger partial charge in [-0.15, -0.1) is 11.3 Å². The number of hydrogen-bond acceptors (Lipinski definition) is 3. The van der Waals surface area contributed by atoms with Crippen molar-refractivity contribution in [3.05, 3.63) is 75.7 Å². The predicted molar refractivity (Wildman–Crippen MR) is 93.6 cm³/mol.